The number of carbonyl (C=O) groups is 3. The van der Waals surface area contributed by atoms with E-state index in [0.29, 0.717) is 0 Å². The van der Waals surface area contributed by atoms with Crippen LogP contribution in [0, 0.1) is 0 Å². The smallest absolute Gasteiger partial charge is 0.344 e. The molecule has 0 aliphatic carbocycles. The van der Waals surface area contributed by atoms with E-state index in [9.17, 15) is 29.7 Å². The molecule has 0 fully saturated rings. The molecular formula is C18H21NO8. The van der Waals surface area contributed by atoms with E-state index in [0.717, 1.165) is 6.08 Å². The molecule has 1 aliphatic heterocycles. The quantitative estimate of drug-likeness (QED) is 0.518. The van der Waals surface area contributed by atoms with Gasteiger partial charge in [-0.15, -0.1) is 0 Å². The zero-order valence-corrected chi connectivity index (χ0v) is 14.8. The number of ether oxygens (including phenoxy) is 2. The van der Waals surface area contributed by atoms with E-state index < -0.39 is 48.1 Å². The number of rotatable bonds is 1. The molecule has 0 saturated carbocycles. The number of phenolic OH excluding ortho intramolecular Hbond substituents is 1. The standard InChI is InChI=1S/C18H21NO8/c1-9-4-3-5-12(20)17(24)14(22)8-15(23)19-11-6-10(26-2)7-13(21)16(11)18(25)27-9/h3,5-7,9,14,17,21-22,24H,4,8H2,1-2H3,(H,19,23)/b5-3+. The van der Waals surface area contributed by atoms with Crippen molar-refractivity contribution < 1.29 is 39.2 Å². The van der Waals surface area contributed by atoms with Crippen molar-refractivity contribution in [1.82, 2.24) is 0 Å². The van der Waals surface area contributed by atoms with Crippen LogP contribution in [-0.4, -0.2) is 58.4 Å². The van der Waals surface area contributed by atoms with Crippen LogP contribution in [0.25, 0.3) is 0 Å². The number of esters is 1. The van der Waals surface area contributed by atoms with E-state index in [1.165, 1.54) is 25.3 Å². The molecule has 2 rings (SSSR count). The second-order valence-corrected chi connectivity index (χ2v) is 6.09. The number of cyclic esters (lactones) is 1. The van der Waals surface area contributed by atoms with Crippen LogP contribution in [0.15, 0.2) is 24.3 Å². The normalized spacial score (nSPS) is 25.6. The van der Waals surface area contributed by atoms with Gasteiger partial charge in [-0.2, -0.15) is 0 Å². The molecule has 1 aromatic rings. The first-order valence-corrected chi connectivity index (χ1v) is 8.21. The van der Waals surface area contributed by atoms with Crippen molar-refractivity contribution in [2.75, 3.05) is 12.4 Å². The lowest BCUT2D eigenvalue weighted by atomic mass is 10.0. The first-order chi connectivity index (χ1) is 12.7. The largest absolute Gasteiger partial charge is 0.507 e. The van der Waals surface area contributed by atoms with Gasteiger partial charge in [-0.3, -0.25) is 9.59 Å². The van der Waals surface area contributed by atoms with Crippen molar-refractivity contribution in [3.8, 4) is 11.5 Å². The fourth-order valence-electron chi connectivity index (χ4n) is 2.49. The molecule has 1 heterocycles. The van der Waals surface area contributed by atoms with Crippen LogP contribution in [0.3, 0.4) is 0 Å². The third kappa shape index (κ3) is 5.05. The SMILES string of the molecule is COc1cc(O)c2c(c1)NC(=O)CC(O)C(O)C(=O)/C=C/CC(C)OC2=O. The monoisotopic (exact) mass is 379 g/mol. The van der Waals surface area contributed by atoms with Gasteiger partial charge in [-0.25, -0.2) is 4.79 Å². The fraction of sp³-hybridized carbons (Fsp3) is 0.389. The number of aromatic hydroxyl groups is 1. The predicted molar refractivity (Wildman–Crippen MR) is 93.6 cm³/mol. The highest BCUT2D eigenvalue weighted by Crippen LogP contribution is 2.33. The number of aliphatic hydroxyl groups is 2. The van der Waals surface area contributed by atoms with Gasteiger partial charge >= 0.3 is 5.97 Å². The maximum atomic E-state index is 12.4. The second-order valence-electron chi connectivity index (χ2n) is 6.09. The molecule has 3 atom stereocenters. The molecule has 146 valence electrons. The lowest BCUT2D eigenvalue weighted by Gasteiger charge is -2.19. The van der Waals surface area contributed by atoms with Gasteiger partial charge in [-0.1, -0.05) is 6.08 Å². The number of fused-ring (bicyclic) bond motifs is 1. The Morgan fingerprint density at radius 2 is 1.93 bits per heavy atom. The maximum absolute atomic E-state index is 12.4. The van der Waals surface area contributed by atoms with Gasteiger partial charge in [-0.05, 0) is 13.0 Å². The zero-order chi connectivity index (χ0) is 20.1. The predicted octanol–water partition coefficient (Wildman–Crippen LogP) is 0.525. The number of benzene rings is 1. The van der Waals surface area contributed by atoms with Crippen molar-refractivity contribution >= 4 is 23.3 Å². The molecule has 0 radical (unpaired) electrons. The van der Waals surface area contributed by atoms with Crippen molar-refractivity contribution in [2.24, 2.45) is 0 Å². The molecule has 1 aliphatic rings. The van der Waals surface area contributed by atoms with Crippen LogP contribution < -0.4 is 10.1 Å². The Labute approximate surface area is 155 Å². The molecule has 9 nitrogen and oxygen atoms in total. The van der Waals surface area contributed by atoms with Crippen LogP contribution in [-0.2, 0) is 14.3 Å². The van der Waals surface area contributed by atoms with Gasteiger partial charge in [0, 0.05) is 18.6 Å². The minimum Gasteiger partial charge on any atom is -0.507 e. The van der Waals surface area contributed by atoms with Crippen LogP contribution in [0.2, 0.25) is 0 Å². The Kier molecular flexibility index (Phi) is 6.54. The number of hydrogen-bond acceptors (Lipinski definition) is 8. The van der Waals surface area contributed by atoms with Gasteiger partial charge in [0.25, 0.3) is 0 Å². The number of carbonyl (C=O) groups excluding carboxylic acids is 3. The molecule has 3 unspecified atom stereocenters. The van der Waals surface area contributed by atoms with E-state index in [1.54, 1.807) is 6.92 Å². The average Bonchev–Trinajstić information content (AvgIpc) is 2.59. The second kappa shape index (κ2) is 8.65. The molecule has 27 heavy (non-hydrogen) atoms. The summed E-state index contributed by atoms with van der Waals surface area (Å²) in [6.07, 6.45) is -2.07. The summed E-state index contributed by atoms with van der Waals surface area (Å²) < 4.78 is 10.2. The number of nitrogens with one attached hydrogen (secondary N) is 1. The number of methoxy groups -OCH3 is 1. The Bertz CT molecular complexity index is 773. The van der Waals surface area contributed by atoms with Gasteiger partial charge in [0.1, 0.15) is 29.3 Å². The van der Waals surface area contributed by atoms with Crippen molar-refractivity contribution in [3.63, 3.8) is 0 Å². The van der Waals surface area contributed by atoms with Gasteiger partial charge < -0.3 is 30.1 Å². The fourth-order valence-corrected chi connectivity index (χ4v) is 2.49. The molecule has 0 spiro atoms. The molecule has 1 aromatic carbocycles. The van der Waals surface area contributed by atoms with E-state index in [1.807, 2.05) is 0 Å². The van der Waals surface area contributed by atoms with Crippen LogP contribution >= 0.6 is 0 Å². The molecule has 0 saturated heterocycles. The average molecular weight is 379 g/mol. The Hall–Kier alpha value is -2.91. The highest BCUT2D eigenvalue weighted by atomic mass is 16.5. The Morgan fingerprint density at radius 3 is 2.59 bits per heavy atom. The number of amides is 1. The first kappa shape index (κ1) is 20.4. The van der Waals surface area contributed by atoms with Crippen LogP contribution in [0.1, 0.15) is 30.1 Å². The lowest BCUT2D eigenvalue weighted by Crippen LogP contribution is -2.36. The molecule has 0 aromatic heterocycles. The number of phenols is 1. The summed E-state index contributed by atoms with van der Waals surface area (Å²) in [6.45, 7) is 1.57. The van der Waals surface area contributed by atoms with E-state index in [4.69, 9.17) is 9.47 Å². The number of hydrogen-bond donors (Lipinski definition) is 4. The number of aliphatic hydroxyl groups excluding tert-OH is 2. The highest BCUT2D eigenvalue weighted by molar-refractivity contribution is 6.04. The van der Waals surface area contributed by atoms with Gasteiger partial charge in [0.05, 0.1) is 25.3 Å². The molecule has 9 heteroatoms. The molecular weight excluding hydrogens is 358 g/mol. The lowest BCUT2D eigenvalue weighted by molar-refractivity contribution is -0.130. The van der Waals surface area contributed by atoms with Gasteiger partial charge in [0.15, 0.2) is 5.78 Å². The third-order valence-corrected chi connectivity index (χ3v) is 3.91. The summed E-state index contributed by atoms with van der Waals surface area (Å²) in [5.74, 6) is -2.72. The van der Waals surface area contributed by atoms with Gasteiger partial charge in [0.2, 0.25) is 5.91 Å². The summed E-state index contributed by atoms with van der Waals surface area (Å²) in [4.78, 5) is 36.4. The highest BCUT2D eigenvalue weighted by Gasteiger charge is 2.27. The zero-order valence-electron chi connectivity index (χ0n) is 14.8. The summed E-state index contributed by atoms with van der Waals surface area (Å²) >= 11 is 0. The third-order valence-electron chi connectivity index (χ3n) is 3.91. The molecule has 4 N–H and O–H groups in total. The summed E-state index contributed by atoms with van der Waals surface area (Å²) in [5.41, 5.74) is -0.363. The number of ketones is 1. The van der Waals surface area contributed by atoms with E-state index >= 15 is 0 Å². The van der Waals surface area contributed by atoms with E-state index in [-0.39, 0.29) is 23.4 Å². The van der Waals surface area contributed by atoms with Crippen molar-refractivity contribution in [3.05, 3.63) is 29.8 Å². The van der Waals surface area contributed by atoms with E-state index in [2.05, 4.69) is 5.32 Å². The summed E-state index contributed by atoms with van der Waals surface area (Å²) in [7, 11) is 1.34. The minimum atomic E-state index is -1.77. The summed E-state index contributed by atoms with van der Waals surface area (Å²) in [6, 6.07) is 2.50. The van der Waals surface area contributed by atoms with Crippen LogP contribution in [0.4, 0.5) is 5.69 Å². The maximum Gasteiger partial charge on any atom is 0.344 e. The summed E-state index contributed by atoms with van der Waals surface area (Å²) in [5, 5.41) is 32.3. The molecule has 1 amide bonds. The van der Waals surface area contributed by atoms with Crippen LogP contribution in [0.5, 0.6) is 11.5 Å². The molecule has 0 bridgehead atoms. The Balaban J connectivity index is 2.45. The number of anilines is 1. The van der Waals surface area contributed by atoms with Crippen molar-refractivity contribution in [1.29, 1.82) is 0 Å². The minimum absolute atomic E-state index is 0.0883. The first-order valence-electron chi connectivity index (χ1n) is 8.21. The Morgan fingerprint density at radius 1 is 1.22 bits per heavy atom. The topological polar surface area (TPSA) is 142 Å². The van der Waals surface area contributed by atoms with Crippen molar-refractivity contribution in [2.45, 2.75) is 38.1 Å².